The molecular formula is C15H28. The second-order valence-electron chi connectivity index (χ2n) is 6.07. The van der Waals surface area contributed by atoms with Crippen molar-refractivity contribution in [3.63, 3.8) is 0 Å². The highest BCUT2D eigenvalue weighted by Gasteiger charge is 2.25. The lowest BCUT2D eigenvalue weighted by Crippen LogP contribution is -2.17. The Morgan fingerprint density at radius 1 is 0.867 bits per heavy atom. The summed E-state index contributed by atoms with van der Waals surface area (Å²) in [4.78, 5) is 0. The molecule has 1 atom stereocenters. The Kier molecular flexibility index (Phi) is 4.53. The molecule has 2 rings (SSSR count). The molecule has 0 aromatic rings. The molecule has 88 valence electrons. The van der Waals surface area contributed by atoms with Crippen molar-refractivity contribution < 1.29 is 0 Å². The van der Waals surface area contributed by atoms with Gasteiger partial charge < -0.3 is 0 Å². The van der Waals surface area contributed by atoms with Crippen LogP contribution in [0.15, 0.2) is 0 Å². The Labute approximate surface area is 95.8 Å². The lowest BCUT2D eigenvalue weighted by atomic mass is 9.75. The fourth-order valence-corrected chi connectivity index (χ4v) is 3.66. The van der Waals surface area contributed by atoms with Crippen molar-refractivity contribution in [3.8, 4) is 0 Å². The third-order valence-electron chi connectivity index (χ3n) is 4.73. The molecule has 0 saturated heterocycles. The Balaban J connectivity index is 1.70. The first-order chi connectivity index (χ1) is 7.38. The van der Waals surface area contributed by atoms with Crippen LogP contribution in [0.25, 0.3) is 0 Å². The molecule has 15 heavy (non-hydrogen) atoms. The third-order valence-corrected chi connectivity index (χ3v) is 4.73. The quantitative estimate of drug-likeness (QED) is 0.564. The normalized spacial score (nSPS) is 25.4. The summed E-state index contributed by atoms with van der Waals surface area (Å²) >= 11 is 0. The van der Waals surface area contributed by atoms with Crippen LogP contribution in [0.2, 0.25) is 0 Å². The molecule has 0 amide bonds. The fourth-order valence-electron chi connectivity index (χ4n) is 3.66. The van der Waals surface area contributed by atoms with Crippen LogP contribution in [0.5, 0.6) is 0 Å². The van der Waals surface area contributed by atoms with E-state index in [2.05, 4.69) is 6.92 Å². The van der Waals surface area contributed by atoms with E-state index in [1.54, 1.807) is 38.5 Å². The van der Waals surface area contributed by atoms with Gasteiger partial charge in [-0.2, -0.15) is 0 Å². The van der Waals surface area contributed by atoms with E-state index in [0.29, 0.717) is 0 Å². The van der Waals surface area contributed by atoms with E-state index >= 15 is 0 Å². The van der Waals surface area contributed by atoms with Crippen LogP contribution in [-0.4, -0.2) is 0 Å². The summed E-state index contributed by atoms with van der Waals surface area (Å²) < 4.78 is 0. The van der Waals surface area contributed by atoms with Crippen molar-refractivity contribution >= 4 is 0 Å². The highest BCUT2D eigenvalue weighted by Crippen LogP contribution is 2.38. The minimum atomic E-state index is 1.09. The predicted molar refractivity (Wildman–Crippen MR) is 66.9 cm³/mol. The van der Waals surface area contributed by atoms with Crippen molar-refractivity contribution in [1.29, 1.82) is 0 Å². The van der Waals surface area contributed by atoms with Gasteiger partial charge in [-0.15, -0.1) is 0 Å². The van der Waals surface area contributed by atoms with E-state index in [1.165, 1.54) is 32.1 Å². The molecule has 0 radical (unpaired) electrons. The molecule has 0 nitrogen and oxygen atoms in total. The van der Waals surface area contributed by atoms with Crippen molar-refractivity contribution in [3.05, 3.63) is 0 Å². The van der Waals surface area contributed by atoms with Gasteiger partial charge in [0.1, 0.15) is 0 Å². The summed E-state index contributed by atoms with van der Waals surface area (Å²) in [7, 11) is 0. The topological polar surface area (TPSA) is 0 Å². The van der Waals surface area contributed by atoms with E-state index in [1.807, 2.05) is 0 Å². The van der Waals surface area contributed by atoms with Gasteiger partial charge in [0.15, 0.2) is 0 Å². The van der Waals surface area contributed by atoms with Crippen LogP contribution < -0.4 is 0 Å². The van der Waals surface area contributed by atoms with Gasteiger partial charge in [-0.3, -0.25) is 0 Å². The van der Waals surface area contributed by atoms with Gasteiger partial charge in [-0.1, -0.05) is 64.7 Å². The maximum Gasteiger partial charge on any atom is -0.0409 e. The van der Waals surface area contributed by atoms with Crippen LogP contribution in [0.1, 0.15) is 77.6 Å². The van der Waals surface area contributed by atoms with E-state index in [4.69, 9.17) is 0 Å². The first kappa shape index (κ1) is 11.5. The molecule has 2 fully saturated rings. The largest absolute Gasteiger partial charge is 0.0654 e. The van der Waals surface area contributed by atoms with Gasteiger partial charge in [-0.25, -0.2) is 0 Å². The molecular weight excluding hydrogens is 180 g/mol. The molecule has 0 spiro atoms. The number of hydrogen-bond acceptors (Lipinski definition) is 0. The second-order valence-corrected chi connectivity index (χ2v) is 6.07. The van der Waals surface area contributed by atoms with E-state index in [9.17, 15) is 0 Å². The Bertz CT molecular complexity index is 163. The van der Waals surface area contributed by atoms with Gasteiger partial charge in [-0.05, 0) is 30.6 Å². The summed E-state index contributed by atoms with van der Waals surface area (Å²) in [6.45, 7) is 2.36. The Morgan fingerprint density at radius 2 is 1.40 bits per heavy atom. The molecule has 0 aliphatic heterocycles. The van der Waals surface area contributed by atoms with Crippen molar-refractivity contribution in [2.45, 2.75) is 77.6 Å². The molecule has 0 N–H and O–H groups in total. The van der Waals surface area contributed by atoms with Crippen LogP contribution in [0.3, 0.4) is 0 Å². The standard InChI is InChI=1S/C15H28/c1-2-6-15(12-14-9-5-10-14)11-13-7-3-4-8-13/h13-15H,2-12H2,1H3. The van der Waals surface area contributed by atoms with Crippen molar-refractivity contribution in [1.82, 2.24) is 0 Å². The van der Waals surface area contributed by atoms with E-state index in [0.717, 1.165) is 17.8 Å². The van der Waals surface area contributed by atoms with Crippen LogP contribution in [-0.2, 0) is 0 Å². The lowest BCUT2D eigenvalue weighted by molar-refractivity contribution is 0.217. The summed E-state index contributed by atoms with van der Waals surface area (Å²) in [5.74, 6) is 3.33. The predicted octanol–water partition coefficient (Wildman–Crippen LogP) is 5.17. The monoisotopic (exact) mass is 208 g/mol. The van der Waals surface area contributed by atoms with Gasteiger partial charge in [0.25, 0.3) is 0 Å². The summed E-state index contributed by atoms with van der Waals surface area (Å²) in [6, 6.07) is 0. The van der Waals surface area contributed by atoms with Crippen LogP contribution in [0.4, 0.5) is 0 Å². The first-order valence-corrected chi connectivity index (χ1v) is 7.38. The number of hydrogen-bond donors (Lipinski definition) is 0. The highest BCUT2D eigenvalue weighted by atomic mass is 14.3. The maximum atomic E-state index is 2.36. The number of rotatable bonds is 6. The first-order valence-electron chi connectivity index (χ1n) is 7.38. The second kappa shape index (κ2) is 5.92. The molecule has 0 aromatic carbocycles. The smallest absolute Gasteiger partial charge is 0.0409 e. The average Bonchev–Trinajstić information content (AvgIpc) is 2.64. The van der Waals surface area contributed by atoms with Crippen LogP contribution in [0, 0.1) is 17.8 Å². The van der Waals surface area contributed by atoms with Crippen molar-refractivity contribution in [2.24, 2.45) is 17.8 Å². The third kappa shape index (κ3) is 3.50. The molecule has 2 aliphatic carbocycles. The van der Waals surface area contributed by atoms with E-state index in [-0.39, 0.29) is 0 Å². The van der Waals surface area contributed by atoms with Gasteiger partial charge in [0, 0.05) is 0 Å². The SMILES string of the molecule is CCCC(CC1CCCC1)CC1CCC1. The average molecular weight is 208 g/mol. The molecule has 2 saturated carbocycles. The molecule has 0 bridgehead atoms. The zero-order valence-electron chi connectivity index (χ0n) is 10.5. The summed E-state index contributed by atoms with van der Waals surface area (Å²) in [6.07, 6.45) is 16.8. The zero-order valence-corrected chi connectivity index (χ0v) is 10.5. The van der Waals surface area contributed by atoms with E-state index < -0.39 is 0 Å². The van der Waals surface area contributed by atoms with Gasteiger partial charge in [0.2, 0.25) is 0 Å². The Morgan fingerprint density at radius 3 is 1.80 bits per heavy atom. The molecule has 0 aromatic heterocycles. The molecule has 0 heterocycles. The summed E-state index contributed by atoms with van der Waals surface area (Å²) in [5.41, 5.74) is 0. The van der Waals surface area contributed by atoms with Crippen LogP contribution >= 0.6 is 0 Å². The summed E-state index contributed by atoms with van der Waals surface area (Å²) in [5, 5.41) is 0. The van der Waals surface area contributed by atoms with Gasteiger partial charge in [0.05, 0.1) is 0 Å². The lowest BCUT2D eigenvalue weighted by Gasteiger charge is -2.30. The highest BCUT2D eigenvalue weighted by molar-refractivity contribution is 4.77. The molecule has 2 aliphatic rings. The Hall–Kier alpha value is 0. The molecule has 0 heteroatoms. The van der Waals surface area contributed by atoms with Crippen molar-refractivity contribution in [2.75, 3.05) is 0 Å². The fraction of sp³-hybridized carbons (Fsp3) is 1.00. The minimum absolute atomic E-state index is 1.09. The minimum Gasteiger partial charge on any atom is -0.0654 e. The van der Waals surface area contributed by atoms with Gasteiger partial charge >= 0.3 is 0 Å². The molecule has 1 unspecified atom stereocenters. The zero-order chi connectivity index (χ0) is 10.5. The maximum absolute atomic E-state index is 2.36.